The fraction of sp³-hybridized carbons (Fsp3) is 0.316. The summed E-state index contributed by atoms with van der Waals surface area (Å²) in [5, 5.41) is 10.6. The maximum absolute atomic E-state index is 12.8. The zero-order valence-electron chi connectivity index (χ0n) is 15.4. The zero-order chi connectivity index (χ0) is 19.8. The van der Waals surface area contributed by atoms with Gasteiger partial charge < -0.3 is 24.5 Å². The van der Waals surface area contributed by atoms with Gasteiger partial charge in [0.15, 0.2) is 11.5 Å². The molecular weight excluding hydrogens is 382 g/mol. The molecule has 0 bridgehead atoms. The number of phenols is 1. The second-order valence-electron chi connectivity index (χ2n) is 6.36. The van der Waals surface area contributed by atoms with E-state index in [1.165, 1.54) is 24.5 Å². The van der Waals surface area contributed by atoms with Gasteiger partial charge in [-0.05, 0) is 37.1 Å². The molecule has 4 rings (SSSR count). The summed E-state index contributed by atoms with van der Waals surface area (Å²) >= 11 is 1.41. The normalized spacial score (nSPS) is 13.4. The molecule has 9 heteroatoms. The van der Waals surface area contributed by atoms with Crippen LogP contribution in [0.25, 0.3) is 21.6 Å². The minimum absolute atomic E-state index is 0.0294. The zero-order valence-corrected chi connectivity index (χ0v) is 16.3. The van der Waals surface area contributed by atoms with Crippen LogP contribution in [0, 0.1) is 0 Å². The molecule has 0 radical (unpaired) electrons. The highest BCUT2D eigenvalue weighted by molar-refractivity contribution is 7.18. The van der Waals surface area contributed by atoms with Crippen LogP contribution in [0.15, 0.2) is 23.0 Å². The molecule has 0 atom stereocenters. The molecule has 8 nitrogen and oxygen atoms in total. The molecule has 0 saturated heterocycles. The lowest BCUT2D eigenvalue weighted by Crippen LogP contribution is -2.35. The van der Waals surface area contributed by atoms with Gasteiger partial charge in [-0.3, -0.25) is 4.79 Å². The van der Waals surface area contributed by atoms with E-state index in [2.05, 4.69) is 9.97 Å². The van der Waals surface area contributed by atoms with Crippen molar-refractivity contribution in [3.8, 4) is 22.9 Å². The number of phenolic OH excluding ortho intramolecular Hbond substituents is 1. The van der Waals surface area contributed by atoms with Gasteiger partial charge in [-0.25, -0.2) is 9.78 Å². The summed E-state index contributed by atoms with van der Waals surface area (Å²) in [6, 6.07) is 4.84. The average molecular weight is 401 g/mol. The number of benzene rings is 1. The van der Waals surface area contributed by atoms with Crippen molar-refractivity contribution in [1.29, 1.82) is 0 Å². The van der Waals surface area contributed by atoms with E-state index in [9.17, 15) is 14.7 Å². The van der Waals surface area contributed by atoms with Crippen LogP contribution in [0.3, 0.4) is 0 Å². The first kappa shape index (κ1) is 18.3. The van der Waals surface area contributed by atoms with Crippen LogP contribution in [-0.4, -0.2) is 46.3 Å². The van der Waals surface area contributed by atoms with E-state index >= 15 is 0 Å². The van der Waals surface area contributed by atoms with Gasteiger partial charge >= 0.3 is 6.09 Å². The summed E-state index contributed by atoms with van der Waals surface area (Å²) in [6.07, 6.45) is 0.239. The molecule has 3 heterocycles. The van der Waals surface area contributed by atoms with Crippen molar-refractivity contribution in [2.24, 2.45) is 0 Å². The predicted octanol–water partition coefficient (Wildman–Crippen LogP) is 2.88. The van der Waals surface area contributed by atoms with Crippen LogP contribution in [-0.2, 0) is 17.7 Å². The number of carbonyl (C=O) groups is 1. The van der Waals surface area contributed by atoms with Crippen molar-refractivity contribution >= 4 is 27.6 Å². The van der Waals surface area contributed by atoms with Gasteiger partial charge in [0.2, 0.25) is 0 Å². The third kappa shape index (κ3) is 3.07. The van der Waals surface area contributed by atoms with E-state index in [0.29, 0.717) is 53.5 Å². The highest BCUT2D eigenvalue weighted by Gasteiger charge is 2.27. The van der Waals surface area contributed by atoms with Crippen LogP contribution in [0.2, 0.25) is 0 Å². The van der Waals surface area contributed by atoms with Crippen molar-refractivity contribution in [2.45, 2.75) is 19.9 Å². The Morgan fingerprint density at radius 2 is 2.25 bits per heavy atom. The molecule has 3 aromatic rings. The van der Waals surface area contributed by atoms with Crippen LogP contribution in [0.5, 0.6) is 11.5 Å². The summed E-state index contributed by atoms with van der Waals surface area (Å²) in [5.41, 5.74) is 1.30. The maximum atomic E-state index is 12.8. The highest BCUT2D eigenvalue weighted by atomic mass is 32.1. The Hall–Kier alpha value is -3.07. The number of aromatic amines is 1. The molecule has 0 aliphatic carbocycles. The standard InChI is InChI=1S/C19H19N3O5S/c1-3-27-19(25)22-7-6-11-14(9-22)28-18-15(11)17(24)20-16(21-18)10-4-5-13(26-2)12(23)8-10/h4-5,8,23H,3,6-7,9H2,1-2H3,(H,20,21,24). The molecule has 1 amide bonds. The van der Waals surface area contributed by atoms with Crippen LogP contribution in [0.4, 0.5) is 4.79 Å². The summed E-state index contributed by atoms with van der Waals surface area (Å²) in [7, 11) is 1.47. The number of aromatic nitrogens is 2. The van der Waals surface area contributed by atoms with Gasteiger partial charge in [0.25, 0.3) is 5.56 Å². The lowest BCUT2D eigenvalue weighted by molar-refractivity contribution is 0.103. The number of fused-ring (bicyclic) bond motifs is 3. The van der Waals surface area contributed by atoms with Gasteiger partial charge in [-0.1, -0.05) is 0 Å². The van der Waals surface area contributed by atoms with Crippen molar-refractivity contribution in [3.63, 3.8) is 0 Å². The summed E-state index contributed by atoms with van der Waals surface area (Å²) in [5.74, 6) is 0.687. The van der Waals surface area contributed by atoms with Gasteiger partial charge in [0.05, 0.1) is 25.6 Å². The first-order valence-corrected chi connectivity index (χ1v) is 9.67. The molecular formula is C19H19N3O5S. The number of methoxy groups -OCH3 is 1. The fourth-order valence-corrected chi connectivity index (χ4v) is 4.58. The van der Waals surface area contributed by atoms with Crippen molar-refractivity contribution < 1.29 is 19.4 Å². The molecule has 1 aromatic carbocycles. The van der Waals surface area contributed by atoms with Crippen LogP contribution >= 0.6 is 11.3 Å². The van der Waals surface area contributed by atoms with Crippen LogP contribution in [0.1, 0.15) is 17.4 Å². The van der Waals surface area contributed by atoms with E-state index in [1.807, 2.05) is 0 Å². The molecule has 0 saturated carbocycles. The number of hydrogen-bond acceptors (Lipinski definition) is 7. The highest BCUT2D eigenvalue weighted by Crippen LogP contribution is 2.34. The number of rotatable bonds is 3. The van der Waals surface area contributed by atoms with E-state index in [0.717, 1.165) is 10.4 Å². The van der Waals surface area contributed by atoms with E-state index in [-0.39, 0.29) is 17.4 Å². The predicted molar refractivity (Wildman–Crippen MR) is 105 cm³/mol. The number of thiophene rings is 1. The monoisotopic (exact) mass is 401 g/mol. The van der Waals surface area contributed by atoms with E-state index < -0.39 is 0 Å². The first-order valence-electron chi connectivity index (χ1n) is 8.85. The van der Waals surface area contributed by atoms with Crippen LogP contribution < -0.4 is 10.3 Å². The Balaban J connectivity index is 1.74. The van der Waals surface area contributed by atoms with Crippen molar-refractivity contribution in [1.82, 2.24) is 14.9 Å². The number of amides is 1. The smallest absolute Gasteiger partial charge is 0.410 e. The Kier molecular flexibility index (Phi) is 4.68. The second-order valence-corrected chi connectivity index (χ2v) is 7.44. The Morgan fingerprint density at radius 1 is 1.43 bits per heavy atom. The molecule has 1 aliphatic rings. The largest absolute Gasteiger partial charge is 0.504 e. The SMILES string of the molecule is CCOC(=O)N1CCc2c(sc3nc(-c4ccc(OC)c(O)c4)[nH]c(=O)c23)C1. The Morgan fingerprint density at radius 3 is 2.96 bits per heavy atom. The molecule has 28 heavy (non-hydrogen) atoms. The number of aromatic hydroxyl groups is 1. The quantitative estimate of drug-likeness (QED) is 0.699. The average Bonchev–Trinajstić information content (AvgIpc) is 3.06. The molecule has 146 valence electrons. The number of nitrogens with zero attached hydrogens (tertiary/aromatic N) is 2. The fourth-order valence-electron chi connectivity index (χ4n) is 3.35. The summed E-state index contributed by atoms with van der Waals surface area (Å²) < 4.78 is 10.1. The summed E-state index contributed by atoms with van der Waals surface area (Å²) in [6.45, 7) is 3.01. The van der Waals surface area contributed by atoms with Crippen molar-refractivity contribution in [3.05, 3.63) is 39.0 Å². The van der Waals surface area contributed by atoms with E-state index in [4.69, 9.17) is 9.47 Å². The van der Waals surface area contributed by atoms with Crippen molar-refractivity contribution in [2.75, 3.05) is 20.3 Å². The number of ether oxygens (including phenoxy) is 2. The lowest BCUT2D eigenvalue weighted by Gasteiger charge is -2.25. The molecule has 0 unspecified atom stereocenters. The van der Waals surface area contributed by atoms with Gasteiger partial charge in [-0.2, -0.15) is 0 Å². The molecule has 0 spiro atoms. The molecule has 2 N–H and O–H groups in total. The molecule has 1 aliphatic heterocycles. The van der Waals surface area contributed by atoms with Gasteiger partial charge in [-0.15, -0.1) is 11.3 Å². The number of nitrogens with one attached hydrogen (secondary N) is 1. The number of carbonyl (C=O) groups excluding carboxylic acids is 1. The maximum Gasteiger partial charge on any atom is 0.410 e. The first-order chi connectivity index (χ1) is 13.5. The summed E-state index contributed by atoms with van der Waals surface area (Å²) in [4.78, 5) is 35.3. The molecule has 2 aromatic heterocycles. The lowest BCUT2D eigenvalue weighted by atomic mass is 10.1. The Bertz CT molecular complexity index is 1120. The minimum Gasteiger partial charge on any atom is -0.504 e. The minimum atomic E-state index is -0.345. The number of hydrogen-bond donors (Lipinski definition) is 2. The second kappa shape index (κ2) is 7.16. The third-order valence-corrected chi connectivity index (χ3v) is 5.80. The van der Waals surface area contributed by atoms with Gasteiger partial charge in [0.1, 0.15) is 10.7 Å². The topological polar surface area (TPSA) is 105 Å². The van der Waals surface area contributed by atoms with Gasteiger partial charge in [0, 0.05) is 17.0 Å². The Labute approximate surface area is 164 Å². The number of H-pyrrole nitrogens is 1. The van der Waals surface area contributed by atoms with E-state index in [1.54, 1.807) is 24.0 Å². The third-order valence-electron chi connectivity index (χ3n) is 4.69. The molecule has 0 fully saturated rings.